The highest BCUT2D eigenvalue weighted by Crippen LogP contribution is 2.40. The van der Waals surface area contributed by atoms with E-state index in [0.29, 0.717) is 5.92 Å². The summed E-state index contributed by atoms with van der Waals surface area (Å²) in [5.41, 5.74) is 1.02. The molecule has 84 valence electrons. The van der Waals surface area contributed by atoms with Gasteiger partial charge < -0.3 is 14.7 Å². The molecule has 0 unspecified atom stereocenters. The summed E-state index contributed by atoms with van der Waals surface area (Å²) in [6, 6.07) is 2.08. The lowest BCUT2D eigenvalue weighted by molar-refractivity contribution is 0.372. The van der Waals surface area contributed by atoms with Gasteiger partial charge in [0.2, 0.25) is 0 Å². The van der Waals surface area contributed by atoms with Crippen molar-refractivity contribution >= 4 is 0 Å². The van der Waals surface area contributed by atoms with E-state index < -0.39 is 0 Å². The Morgan fingerprint density at radius 1 is 1.53 bits per heavy atom. The van der Waals surface area contributed by atoms with E-state index in [1.807, 2.05) is 0 Å². The molecule has 0 bridgehead atoms. The van der Waals surface area contributed by atoms with Crippen molar-refractivity contribution in [1.82, 2.24) is 15.4 Å². The van der Waals surface area contributed by atoms with Crippen molar-refractivity contribution < 1.29 is 4.52 Å². The Bertz CT molecular complexity index is 305. The number of rotatable bonds is 6. The van der Waals surface area contributed by atoms with Crippen LogP contribution in [0, 0.1) is 0 Å². The molecule has 1 fully saturated rings. The first-order valence-electron chi connectivity index (χ1n) is 5.56. The van der Waals surface area contributed by atoms with E-state index >= 15 is 0 Å². The molecule has 2 rings (SSSR count). The molecule has 4 heteroatoms. The summed E-state index contributed by atoms with van der Waals surface area (Å²) in [6.45, 7) is 2.84. The van der Waals surface area contributed by atoms with Gasteiger partial charge in [0, 0.05) is 31.6 Å². The Hall–Kier alpha value is -0.870. The van der Waals surface area contributed by atoms with Gasteiger partial charge in [-0.25, -0.2) is 0 Å². The van der Waals surface area contributed by atoms with Crippen LogP contribution in [0.3, 0.4) is 0 Å². The van der Waals surface area contributed by atoms with E-state index in [-0.39, 0.29) is 0 Å². The Kier molecular flexibility index (Phi) is 3.38. The van der Waals surface area contributed by atoms with E-state index in [4.69, 9.17) is 4.52 Å². The van der Waals surface area contributed by atoms with Gasteiger partial charge in [-0.3, -0.25) is 0 Å². The van der Waals surface area contributed by atoms with Gasteiger partial charge in [0.1, 0.15) is 5.76 Å². The molecule has 4 nitrogen and oxygen atoms in total. The quantitative estimate of drug-likeness (QED) is 0.715. The Balaban J connectivity index is 1.69. The summed E-state index contributed by atoms with van der Waals surface area (Å²) in [5, 5.41) is 7.38. The molecule has 1 saturated carbocycles. The third kappa shape index (κ3) is 3.32. The first-order valence-corrected chi connectivity index (χ1v) is 5.56. The fourth-order valence-corrected chi connectivity index (χ4v) is 1.49. The van der Waals surface area contributed by atoms with Crippen molar-refractivity contribution in [2.45, 2.75) is 25.3 Å². The molecule has 1 N–H and O–H groups in total. The highest BCUT2D eigenvalue weighted by molar-refractivity contribution is 5.14. The zero-order valence-electron chi connectivity index (χ0n) is 9.49. The van der Waals surface area contributed by atoms with E-state index in [1.54, 1.807) is 0 Å². The van der Waals surface area contributed by atoms with Crippen LogP contribution < -0.4 is 5.32 Å². The van der Waals surface area contributed by atoms with Crippen LogP contribution in [-0.4, -0.2) is 37.2 Å². The van der Waals surface area contributed by atoms with Gasteiger partial charge in [0.05, 0.1) is 5.69 Å². The summed E-state index contributed by atoms with van der Waals surface area (Å²) in [4.78, 5) is 2.16. The lowest BCUT2D eigenvalue weighted by Crippen LogP contribution is -2.26. The zero-order valence-corrected chi connectivity index (χ0v) is 9.49. The zero-order chi connectivity index (χ0) is 10.7. The smallest absolute Gasteiger partial charge is 0.140 e. The molecule has 0 atom stereocenters. The van der Waals surface area contributed by atoms with Crippen molar-refractivity contribution in [3.8, 4) is 0 Å². The molecule has 1 aromatic rings. The second-order valence-electron chi connectivity index (χ2n) is 4.47. The van der Waals surface area contributed by atoms with Gasteiger partial charge in [-0.15, -0.1) is 0 Å². The lowest BCUT2D eigenvalue weighted by atomic mass is 10.3. The average molecular weight is 209 g/mol. The van der Waals surface area contributed by atoms with Gasteiger partial charge in [-0.05, 0) is 26.9 Å². The topological polar surface area (TPSA) is 41.3 Å². The number of hydrogen-bond acceptors (Lipinski definition) is 4. The molecule has 0 radical (unpaired) electrons. The highest BCUT2D eigenvalue weighted by atomic mass is 16.5. The van der Waals surface area contributed by atoms with Crippen molar-refractivity contribution in [1.29, 1.82) is 0 Å². The second-order valence-corrected chi connectivity index (χ2v) is 4.47. The molecule has 0 aromatic carbocycles. The second kappa shape index (κ2) is 4.77. The third-order valence-corrected chi connectivity index (χ3v) is 2.60. The van der Waals surface area contributed by atoms with Crippen LogP contribution in [0.5, 0.6) is 0 Å². The fourth-order valence-electron chi connectivity index (χ4n) is 1.49. The maximum atomic E-state index is 5.27. The van der Waals surface area contributed by atoms with Crippen molar-refractivity contribution in [3.63, 3.8) is 0 Å². The van der Waals surface area contributed by atoms with E-state index in [1.165, 1.54) is 12.8 Å². The van der Waals surface area contributed by atoms with Gasteiger partial charge in [0.25, 0.3) is 0 Å². The number of nitrogens with zero attached hydrogens (tertiary/aromatic N) is 2. The molecular formula is C11H19N3O. The minimum Gasteiger partial charge on any atom is -0.361 e. The molecule has 1 aliphatic carbocycles. The van der Waals surface area contributed by atoms with Crippen LogP contribution in [0.1, 0.15) is 30.2 Å². The van der Waals surface area contributed by atoms with E-state index in [2.05, 4.69) is 35.5 Å². The standard InChI is InChI=1S/C11H19N3O/c1-14(2)6-5-12-8-10-7-11(15-13-10)9-3-4-9/h7,9,12H,3-6,8H2,1-2H3. The van der Waals surface area contributed by atoms with Gasteiger partial charge in [0.15, 0.2) is 0 Å². The maximum absolute atomic E-state index is 5.27. The summed E-state index contributed by atoms with van der Waals surface area (Å²) in [6.07, 6.45) is 2.53. The molecule has 1 heterocycles. The van der Waals surface area contributed by atoms with Crippen molar-refractivity contribution in [2.75, 3.05) is 27.2 Å². The van der Waals surface area contributed by atoms with Gasteiger partial charge in [-0.2, -0.15) is 0 Å². The summed E-state index contributed by atoms with van der Waals surface area (Å²) >= 11 is 0. The predicted octanol–water partition coefficient (Wildman–Crippen LogP) is 1.20. The molecule has 0 amide bonds. The molecule has 0 saturated heterocycles. The minimum absolute atomic E-state index is 0.660. The first kappa shape index (κ1) is 10.6. The Morgan fingerprint density at radius 3 is 3.00 bits per heavy atom. The van der Waals surface area contributed by atoms with Crippen LogP contribution in [0.2, 0.25) is 0 Å². The molecular weight excluding hydrogens is 190 g/mol. The van der Waals surface area contributed by atoms with E-state index in [0.717, 1.165) is 31.1 Å². The molecule has 0 aliphatic heterocycles. The van der Waals surface area contributed by atoms with Gasteiger partial charge in [-0.1, -0.05) is 5.16 Å². The highest BCUT2D eigenvalue weighted by Gasteiger charge is 2.27. The van der Waals surface area contributed by atoms with Crippen LogP contribution in [-0.2, 0) is 6.54 Å². The van der Waals surface area contributed by atoms with Crippen LogP contribution in [0.4, 0.5) is 0 Å². The van der Waals surface area contributed by atoms with E-state index in [9.17, 15) is 0 Å². The molecule has 0 spiro atoms. The summed E-state index contributed by atoms with van der Waals surface area (Å²) < 4.78 is 5.27. The SMILES string of the molecule is CN(C)CCNCc1cc(C2CC2)on1. The summed E-state index contributed by atoms with van der Waals surface area (Å²) in [7, 11) is 4.14. The van der Waals surface area contributed by atoms with Crippen LogP contribution in [0.15, 0.2) is 10.6 Å². The van der Waals surface area contributed by atoms with Crippen LogP contribution >= 0.6 is 0 Å². The fraction of sp³-hybridized carbons (Fsp3) is 0.727. The van der Waals surface area contributed by atoms with Gasteiger partial charge >= 0.3 is 0 Å². The number of nitrogens with one attached hydrogen (secondary N) is 1. The first-order chi connectivity index (χ1) is 7.25. The molecule has 15 heavy (non-hydrogen) atoms. The maximum Gasteiger partial charge on any atom is 0.140 e. The normalized spacial score (nSPS) is 16.2. The molecule has 1 aromatic heterocycles. The van der Waals surface area contributed by atoms with Crippen molar-refractivity contribution in [3.05, 3.63) is 17.5 Å². The Morgan fingerprint density at radius 2 is 2.33 bits per heavy atom. The average Bonchev–Trinajstić information content (AvgIpc) is 2.94. The third-order valence-electron chi connectivity index (χ3n) is 2.60. The lowest BCUT2D eigenvalue weighted by Gasteiger charge is -2.08. The monoisotopic (exact) mass is 209 g/mol. The Labute approximate surface area is 90.6 Å². The molecule has 1 aliphatic rings. The number of hydrogen-bond donors (Lipinski definition) is 1. The largest absolute Gasteiger partial charge is 0.361 e. The number of likely N-dealkylation sites (N-methyl/N-ethyl adjacent to an activating group) is 1. The minimum atomic E-state index is 0.660. The summed E-state index contributed by atoms with van der Waals surface area (Å²) in [5.74, 6) is 1.73. The number of aromatic nitrogens is 1. The predicted molar refractivity (Wildman–Crippen MR) is 58.7 cm³/mol. The van der Waals surface area contributed by atoms with Crippen LogP contribution in [0.25, 0.3) is 0 Å². The van der Waals surface area contributed by atoms with Crippen molar-refractivity contribution in [2.24, 2.45) is 0 Å².